The lowest BCUT2D eigenvalue weighted by Crippen LogP contribution is -2.28. The summed E-state index contributed by atoms with van der Waals surface area (Å²) in [6.07, 6.45) is 1.45. The molecule has 1 aromatic heterocycles. The van der Waals surface area contributed by atoms with Crippen molar-refractivity contribution in [2.75, 3.05) is 11.1 Å². The molecule has 1 aromatic carbocycles. The molecule has 0 bridgehead atoms. The van der Waals surface area contributed by atoms with Crippen LogP contribution in [0.4, 0.5) is 11.4 Å². The summed E-state index contributed by atoms with van der Waals surface area (Å²) in [5.41, 5.74) is 6.36. The minimum atomic E-state index is -0.353. The summed E-state index contributed by atoms with van der Waals surface area (Å²) in [4.78, 5) is 23.1. The van der Waals surface area contributed by atoms with Gasteiger partial charge in [0.05, 0.1) is 11.4 Å². The summed E-state index contributed by atoms with van der Waals surface area (Å²) in [6, 6.07) is 9.77. The Labute approximate surface area is 103 Å². The number of benzene rings is 1. The number of nitrogens with two attached hydrogens (primary N) is 1. The van der Waals surface area contributed by atoms with Crippen LogP contribution in [0.5, 0.6) is 0 Å². The maximum absolute atomic E-state index is 11.7. The van der Waals surface area contributed by atoms with Crippen molar-refractivity contribution in [1.82, 2.24) is 9.78 Å². The van der Waals surface area contributed by atoms with Crippen LogP contribution < -0.4 is 16.6 Å². The molecule has 0 aliphatic heterocycles. The Hall–Kier alpha value is -2.63. The highest BCUT2D eigenvalue weighted by Crippen LogP contribution is 2.16. The predicted molar refractivity (Wildman–Crippen MR) is 68.0 cm³/mol. The van der Waals surface area contributed by atoms with Gasteiger partial charge in [-0.15, -0.1) is 0 Å². The van der Waals surface area contributed by atoms with Crippen molar-refractivity contribution >= 4 is 17.3 Å². The fraction of sp³-hybridized carbons (Fsp3) is 0.0833. The van der Waals surface area contributed by atoms with E-state index in [9.17, 15) is 9.59 Å². The summed E-state index contributed by atoms with van der Waals surface area (Å²) >= 11 is 0. The van der Waals surface area contributed by atoms with Gasteiger partial charge in [-0.2, -0.15) is 5.10 Å². The second kappa shape index (κ2) is 5.13. The smallest absolute Gasteiger partial charge is 0.267 e. The molecule has 0 fully saturated rings. The first kappa shape index (κ1) is 11.8. The molecule has 0 spiro atoms. The summed E-state index contributed by atoms with van der Waals surface area (Å²) < 4.78 is 1.08. The number of hydrogen-bond acceptors (Lipinski definition) is 4. The van der Waals surface area contributed by atoms with Crippen LogP contribution in [0.3, 0.4) is 0 Å². The Morgan fingerprint density at radius 3 is 2.78 bits per heavy atom. The number of carbonyl (C=O) groups excluding carboxylic acids is 1. The van der Waals surface area contributed by atoms with Crippen LogP contribution in [0.2, 0.25) is 0 Å². The number of amides is 1. The topological polar surface area (TPSA) is 90.0 Å². The summed E-state index contributed by atoms with van der Waals surface area (Å²) in [5.74, 6) is -0.353. The van der Waals surface area contributed by atoms with E-state index in [1.54, 1.807) is 24.3 Å². The van der Waals surface area contributed by atoms with Crippen LogP contribution in [-0.2, 0) is 11.3 Å². The zero-order chi connectivity index (χ0) is 13.0. The summed E-state index contributed by atoms with van der Waals surface area (Å²) in [6.45, 7) is -0.145. The second-order valence-corrected chi connectivity index (χ2v) is 3.65. The lowest BCUT2D eigenvalue weighted by Gasteiger charge is -2.08. The molecule has 0 radical (unpaired) electrons. The molecule has 0 aliphatic rings. The first-order chi connectivity index (χ1) is 8.66. The van der Waals surface area contributed by atoms with Crippen LogP contribution in [0.15, 0.2) is 47.4 Å². The molecule has 0 unspecified atom stereocenters. The van der Waals surface area contributed by atoms with E-state index in [0.29, 0.717) is 11.4 Å². The normalized spacial score (nSPS) is 10.0. The third kappa shape index (κ3) is 2.73. The Kier molecular flexibility index (Phi) is 3.38. The van der Waals surface area contributed by atoms with E-state index in [2.05, 4.69) is 10.4 Å². The molecule has 0 atom stereocenters. The minimum Gasteiger partial charge on any atom is -0.397 e. The van der Waals surface area contributed by atoms with Crippen molar-refractivity contribution in [3.8, 4) is 0 Å². The number of anilines is 2. The van der Waals surface area contributed by atoms with Gasteiger partial charge in [0.15, 0.2) is 0 Å². The van der Waals surface area contributed by atoms with Gasteiger partial charge in [-0.25, -0.2) is 4.68 Å². The van der Waals surface area contributed by atoms with Crippen molar-refractivity contribution in [2.24, 2.45) is 0 Å². The van der Waals surface area contributed by atoms with E-state index in [-0.39, 0.29) is 18.0 Å². The molecule has 92 valence electrons. The number of rotatable bonds is 3. The monoisotopic (exact) mass is 244 g/mol. The molecule has 1 heterocycles. The zero-order valence-electron chi connectivity index (χ0n) is 9.54. The van der Waals surface area contributed by atoms with Gasteiger partial charge in [0.1, 0.15) is 6.54 Å². The summed E-state index contributed by atoms with van der Waals surface area (Å²) in [7, 11) is 0. The molecule has 1 amide bonds. The number of hydrogen-bond donors (Lipinski definition) is 2. The molecule has 0 aliphatic carbocycles. The van der Waals surface area contributed by atoms with Gasteiger partial charge in [0.2, 0.25) is 5.91 Å². The number of nitrogens with one attached hydrogen (secondary N) is 1. The Morgan fingerprint density at radius 1 is 1.28 bits per heavy atom. The van der Waals surface area contributed by atoms with E-state index in [0.717, 1.165) is 4.68 Å². The van der Waals surface area contributed by atoms with Gasteiger partial charge in [-0.3, -0.25) is 9.59 Å². The first-order valence-corrected chi connectivity index (χ1v) is 5.33. The molecular weight excluding hydrogens is 232 g/mol. The third-order valence-corrected chi connectivity index (χ3v) is 2.31. The number of carbonyl (C=O) groups is 1. The van der Waals surface area contributed by atoms with E-state index < -0.39 is 0 Å². The average Bonchev–Trinajstić information content (AvgIpc) is 2.35. The highest BCUT2D eigenvalue weighted by Gasteiger charge is 2.06. The van der Waals surface area contributed by atoms with Crippen LogP contribution in [0.25, 0.3) is 0 Å². The van der Waals surface area contributed by atoms with Crippen molar-refractivity contribution in [3.63, 3.8) is 0 Å². The quantitative estimate of drug-likeness (QED) is 0.768. The molecule has 18 heavy (non-hydrogen) atoms. The Morgan fingerprint density at radius 2 is 2.06 bits per heavy atom. The van der Waals surface area contributed by atoms with Gasteiger partial charge in [0.25, 0.3) is 5.56 Å². The molecule has 3 N–H and O–H groups in total. The van der Waals surface area contributed by atoms with E-state index in [1.807, 2.05) is 0 Å². The lowest BCUT2D eigenvalue weighted by molar-refractivity contribution is -0.117. The van der Waals surface area contributed by atoms with Crippen LogP contribution in [0.1, 0.15) is 0 Å². The van der Waals surface area contributed by atoms with E-state index in [1.165, 1.54) is 18.3 Å². The van der Waals surface area contributed by atoms with Crippen LogP contribution in [-0.4, -0.2) is 15.7 Å². The number of nitrogen functional groups attached to an aromatic ring is 1. The molecule has 6 nitrogen and oxygen atoms in total. The van der Waals surface area contributed by atoms with Crippen LogP contribution >= 0.6 is 0 Å². The average molecular weight is 244 g/mol. The van der Waals surface area contributed by atoms with Gasteiger partial charge in [-0.05, 0) is 18.2 Å². The molecule has 2 aromatic rings. The fourth-order valence-corrected chi connectivity index (χ4v) is 1.44. The molecule has 6 heteroatoms. The van der Waals surface area contributed by atoms with Crippen molar-refractivity contribution in [2.45, 2.75) is 6.54 Å². The predicted octanol–water partition coefficient (Wildman–Crippen LogP) is 0.464. The minimum absolute atomic E-state index is 0.145. The number of aromatic nitrogens is 2. The molecular formula is C12H12N4O2. The highest BCUT2D eigenvalue weighted by molar-refractivity contribution is 5.93. The lowest BCUT2D eigenvalue weighted by atomic mass is 10.2. The largest absolute Gasteiger partial charge is 0.397 e. The third-order valence-electron chi connectivity index (χ3n) is 2.31. The maximum atomic E-state index is 11.7. The molecule has 0 saturated heterocycles. The standard InChI is InChI=1S/C12H12N4O2/c13-9-4-1-2-5-10(9)15-11(17)8-16-12(18)6-3-7-14-16/h1-7H,8,13H2,(H,15,17). The first-order valence-electron chi connectivity index (χ1n) is 5.33. The van der Waals surface area contributed by atoms with Gasteiger partial charge >= 0.3 is 0 Å². The SMILES string of the molecule is Nc1ccccc1NC(=O)Cn1ncccc1=O. The zero-order valence-corrected chi connectivity index (χ0v) is 9.54. The van der Waals surface area contributed by atoms with Gasteiger partial charge < -0.3 is 11.1 Å². The summed E-state index contributed by atoms with van der Waals surface area (Å²) in [5, 5.41) is 6.42. The Bertz CT molecular complexity index is 621. The maximum Gasteiger partial charge on any atom is 0.267 e. The second-order valence-electron chi connectivity index (χ2n) is 3.65. The number of para-hydroxylation sites is 2. The number of nitrogens with zero attached hydrogens (tertiary/aromatic N) is 2. The van der Waals surface area contributed by atoms with Crippen LogP contribution in [0, 0.1) is 0 Å². The van der Waals surface area contributed by atoms with Gasteiger partial charge in [-0.1, -0.05) is 12.1 Å². The van der Waals surface area contributed by atoms with Gasteiger partial charge in [0, 0.05) is 12.3 Å². The molecule has 0 saturated carbocycles. The van der Waals surface area contributed by atoms with E-state index >= 15 is 0 Å². The van der Waals surface area contributed by atoms with Crippen molar-refractivity contribution < 1.29 is 4.79 Å². The van der Waals surface area contributed by atoms with Crippen molar-refractivity contribution in [1.29, 1.82) is 0 Å². The highest BCUT2D eigenvalue weighted by atomic mass is 16.2. The molecule has 2 rings (SSSR count). The van der Waals surface area contributed by atoms with E-state index in [4.69, 9.17) is 5.73 Å². The fourth-order valence-electron chi connectivity index (χ4n) is 1.44. The van der Waals surface area contributed by atoms with Crippen molar-refractivity contribution in [3.05, 3.63) is 52.9 Å². The Balaban J connectivity index is 2.09.